The molecule has 1 amide bonds. The van der Waals surface area contributed by atoms with E-state index in [2.05, 4.69) is 17.6 Å². The molecule has 2 fully saturated rings. The van der Waals surface area contributed by atoms with E-state index in [-0.39, 0.29) is 5.41 Å². The highest BCUT2D eigenvalue weighted by atomic mass is 32.2. The fourth-order valence-corrected chi connectivity index (χ4v) is 4.37. The van der Waals surface area contributed by atoms with Crippen molar-refractivity contribution >= 4 is 17.7 Å². The lowest BCUT2D eigenvalue weighted by Crippen LogP contribution is -2.51. The molecule has 2 unspecified atom stereocenters. The molecule has 2 atom stereocenters. The van der Waals surface area contributed by atoms with Crippen molar-refractivity contribution < 1.29 is 4.79 Å². The number of nitrogens with one attached hydrogen (secondary N) is 2. The third-order valence-corrected chi connectivity index (χ3v) is 5.59. The second kappa shape index (κ2) is 6.80. The summed E-state index contributed by atoms with van der Waals surface area (Å²) in [6, 6.07) is 0. The molecule has 2 aliphatic rings. The van der Waals surface area contributed by atoms with Crippen molar-refractivity contribution in [3.05, 3.63) is 0 Å². The number of amides is 1. The molecule has 18 heavy (non-hydrogen) atoms. The Morgan fingerprint density at radius 2 is 2.39 bits per heavy atom. The Hall–Kier alpha value is -0.220. The van der Waals surface area contributed by atoms with Crippen LogP contribution >= 0.6 is 11.8 Å². The number of thioether (sulfide) groups is 1. The van der Waals surface area contributed by atoms with Crippen LogP contribution in [0.15, 0.2) is 0 Å². The van der Waals surface area contributed by atoms with Crippen molar-refractivity contribution in [1.82, 2.24) is 10.6 Å². The Bertz CT molecular complexity index is 265. The minimum atomic E-state index is -0.129. The molecular weight excluding hydrogens is 244 g/mol. The topological polar surface area (TPSA) is 41.1 Å². The van der Waals surface area contributed by atoms with Gasteiger partial charge < -0.3 is 10.6 Å². The number of rotatable bonds is 5. The van der Waals surface area contributed by atoms with Gasteiger partial charge in [0.1, 0.15) is 0 Å². The molecular formula is C14H26N2OS. The maximum Gasteiger partial charge on any atom is 0.227 e. The Morgan fingerprint density at radius 1 is 1.50 bits per heavy atom. The van der Waals surface area contributed by atoms with Crippen LogP contribution in [0.25, 0.3) is 0 Å². The van der Waals surface area contributed by atoms with Crippen molar-refractivity contribution in [3.63, 3.8) is 0 Å². The summed E-state index contributed by atoms with van der Waals surface area (Å²) in [4.78, 5) is 12.5. The molecule has 0 radical (unpaired) electrons. The molecule has 0 saturated carbocycles. The minimum Gasteiger partial charge on any atom is -0.354 e. The minimum absolute atomic E-state index is 0.129. The quantitative estimate of drug-likeness (QED) is 0.804. The van der Waals surface area contributed by atoms with E-state index in [9.17, 15) is 4.79 Å². The summed E-state index contributed by atoms with van der Waals surface area (Å²) in [6.45, 7) is 4.98. The van der Waals surface area contributed by atoms with Crippen LogP contribution in [0, 0.1) is 5.41 Å². The Morgan fingerprint density at radius 3 is 3.00 bits per heavy atom. The molecule has 0 aromatic rings. The number of hydrogen-bond acceptors (Lipinski definition) is 3. The number of piperidine rings is 1. The van der Waals surface area contributed by atoms with E-state index in [1.807, 2.05) is 11.8 Å². The Kier molecular flexibility index (Phi) is 5.37. The highest BCUT2D eigenvalue weighted by molar-refractivity contribution is 8.00. The second-order valence-corrected chi connectivity index (χ2v) is 7.06. The van der Waals surface area contributed by atoms with Crippen molar-refractivity contribution in [2.45, 2.75) is 50.7 Å². The molecule has 2 saturated heterocycles. The van der Waals surface area contributed by atoms with E-state index in [1.54, 1.807) is 0 Å². The van der Waals surface area contributed by atoms with Gasteiger partial charge in [-0.1, -0.05) is 13.3 Å². The third kappa shape index (κ3) is 3.41. The van der Waals surface area contributed by atoms with Gasteiger partial charge in [0.05, 0.1) is 5.41 Å². The van der Waals surface area contributed by atoms with Crippen LogP contribution in [0.2, 0.25) is 0 Å². The van der Waals surface area contributed by atoms with Gasteiger partial charge in [0, 0.05) is 18.3 Å². The SMILES string of the molecule is CCCC1(C(=O)NCC2CCCS2)CCCNC1. The van der Waals surface area contributed by atoms with Gasteiger partial charge in [0.2, 0.25) is 5.91 Å². The first-order valence-electron chi connectivity index (χ1n) is 7.37. The molecule has 4 heteroatoms. The van der Waals surface area contributed by atoms with E-state index in [0.717, 1.165) is 45.3 Å². The smallest absolute Gasteiger partial charge is 0.227 e. The summed E-state index contributed by atoms with van der Waals surface area (Å²) >= 11 is 2.01. The molecule has 0 aromatic heterocycles. The van der Waals surface area contributed by atoms with Gasteiger partial charge in [-0.3, -0.25) is 4.79 Å². The Labute approximate surface area is 115 Å². The fourth-order valence-electron chi connectivity index (χ4n) is 3.17. The van der Waals surface area contributed by atoms with Crippen LogP contribution in [0.4, 0.5) is 0 Å². The summed E-state index contributed by atoms with van der Waals surface area (Å²) in [5, 5.41) is 7.28. The van der Waals surface area contributed by atoms with Crippen LogP contribution in [-0.2, 0) is 4.79 Å². The summed E-state index contributed by atoms with van der Waals surface area (Å²) < 4.78 is 0. The fraction of sp³-hybridized carbons (Fsp3) is 0.929. The van der Waals surface area contributed by atoms with Crippen molar-refractivity contribution in [3.8, 4) is 0 Å². The number of carbonyl (C=O) groups is 1. The maximum absolute atomic E-state index is 12.5. The van der Waals surface area contributed by atoms with Gasteiger partial charge in [0.15, 0.2) is 0 Å². The summed E-state index contributed by atoms with van der Waals surface area (Å²) in [7, 11) is 0. The molecule has 0 aliphatic carbocycles. The van der Waals surface area contributed by atoms with Gasteiger partial charge >= 0.3 is 0 Å². The number of carbonyl (C=O) groups excluding carboxylic acids is 1. The molecule has 2 rings (SSSR count). The molecule has 2 aliphatic heterocycles. The lowest BCUT2D eigenvalue weighted by molar-refractivity contribution is -0.132. The largest absolute Gasteiger partial charge is 0.354 e. The van der Waals surface area contributed by atoms with Crippen LogP contribution in [0.5, 0.6) is 0 Å². The zero-order chi connectivity index (χ0) is 12.8. The first-order chi connectivity index (χ1) is 8.77. The molecule has 0 spiro atoms. The molecule has 0 aromatic carbocycles. The molecule has 2 heterocycles. The maximum atomic E-state index is 12.5. The molecule has 3 nitrogen and oxygen atoms in total. The van der Waals surface area contributed by atoms with E-state index in [1.165, 1.54) is 18.6 Å². The van der Waals surface area contributed by atoms with Crippen molar-refractivity contribution in [2.24, 2.45) is 5.41 Å². The first-order valence-corrected chi connectivity index (χ1v) is 8.42. The van der Waals surface area contributed by atoms with E-state index < -0.39 is 0 Å². The monoisotopic (exact) mass is 270 g/mol. The normalized spacial score (nSPS) is 32.4. The molecule has 0 bridgehead atoms. The average Bonchev–Trinajstić information content (AvgIpc) is 2.90. The van der Waals surface area contributed by atoms with Gasteiger partial charge in [-0.15, -0.1) is 0 Å². The lowest BCUT2D eigenvalue weighted by Gasteiger charge is -2.36. The second-order valence-electron chi connectivity index (χ2n) is 5.66. The first kappa shape index (κ1) is 14.2. The zero-order valence-corrected chi connectivity index (χ0v) is 12.3. The zero-order valence-electron chi connectivity index (χ0n) is 11.5. The molecule has 104 valence electrons. The van der Waals surface area contributed by atoms with Gasteiger partial charge in [-0.05, 0) is 44.4 Å². The molecule has 2 N–H and O–H groups in total. The van der Waals surface area contributed by atoms with Crippen LogP contribution in [0.3, 0.4) is 0 Å². The average molecular weight is 270 g/mol. The summed E-state index contributed by atoms with van der Waals surface area (Å²) in [6.07, 6.45) is 6.87. The highest BCUT2D eigenvalue weighted by Gasteiger charge is 2.38. The van der Waals surface area contributed by atoms with Crippen LogP contribution in [-0.4, -0.2) is 36.5 Å². The van der Waals surface area contributed by atoms with Crippen molar-refractivity contribution in [2.75, 3.05) is 25.4 Å². The van der Waals surface area contributed by atoms with E-state index >= 15 is 0 Å². The van der Waals surface area contributed by atoms with Crippen molar-refractivity contribution in [1.29, 1.82) is 0 Å². The lowest BCUT2D eigenvalue weighted by atomic mass is 9.76. The van der Waals surface area contributed by atoms with Gasteiger partial charge in [-0.25, -0.2) is 0 Å². The van der Waals surface area contributed by atoms with Gasteiger partial charge in [0.25, 0.3) is 0 Å². The van der Waals surface area contributed by atoms with Crippen LogP contribution < -0.4 is 10.6 Å². The standard InChI is InChI=1S/C14H26N2OS/c1-2-6-14(7-4-8-15-11-14)13(17)16-10-12-5-3-9-18-12/h12,15H,2-11H2,1H3,(H,16,17). The van der Waals surface area contributed by atoms with Gasteiger partial charge in [-0.2, -0.15) is 11.8 Å². The van der Waals surface area contributed by atoms with E-state index in [0.29, 0.717) is 11.2 Å². The highest BCUT2D eigenvalue weighted by Crippen LogP contribution is 2.32. The predicted molar refractivity (Wildman–Crippen MR) is 77.9 cm³/mol. The Balaban J connectivity index is 1.86. The predicted octanol–water partition coefficient (Wildman–Crippen LogP) is 2.17. The van der Waals surface area contributed by atoms with E-state index in [4.69, 9.17) is 0 Å². The summed E-state index contributed by atoms with van der Waals surface area (Å²) in [5.74, 6) is 1.56. The third-order valence-electron chi connectivity index (χ3n) is 4.20. The number of hydrogen-bond donors (Lipinski definition) is 2. The van der Waals surface area contributed by atoms with Crippen LogP contribution in [0.1, 0.15) is 45.4 Å². The summed E-state index contributed by atoms with van der Waals surface area (Å²) in [5.41, 5.74) is -0.129.